The normalized spacial score (nSPS) is 10.0. The summed E-state index contributed by atoms with van der Waals surface area (Å²) >= 11 is 0. The van der Waals surface area contributed by atoms with Crippen molar-refractivity contribution in [2.75, 3.05) is 25.1 Å². The third kappa shape index (κ3) is 5.77. The molecule has 0 heterocycles. The molecule has 1 N–H and O–H groups in total. The predicted molar refractivity (Wildman–Crippen MR) is 93.5 cm³/mol. The van der Waals surface area contributed by atoms with Crippen LogP contribution in [0.5, 0.6) is 5.75 Å². The Labute approximate surface area is 146 Å². The molecule has 23 heavy (non-hydrogen) atoms. The molecule has 0 bridgehead atoms. The number of halogens is 1. The lowest BCUT2D eigenvalue weighted by Gasteiger charge is -2.21. The van der Waals surface area contributed by atoms with Crippen molar-refractivity contribution in [3.05, 3.63) is 59.7 Å². The summed E-state index contributed by atoms with van der Waals surface area (Å²) in [5.41, 5.74) is 3.87. The molecular weight excluding hydrogens is 308 g/mol. The summed E-state index contributed by atoms with van der Waals surface area (Å²) in [6.45, 7) is 8.21. The highest BCUT2D eigenvalue weighted by molar-refractivity contribution is 5.47. The second-order valence-electron chi connectivity index (χ2n) is 5.29. The smallest absolute Gasteiger partial charge is 0.118 e. The Kier molecular flexibility index (Phi) is 8.52. The van der Waals surface area contributed by atoms with Crippen LogP contribution in [-0.2, 0) is 13.1 Å². The zero-order valence-electron chi connectivity index (χ0n) is 14.2. The largest absolute Gasteiger partial charge is 1.00 e. The second kappa shape index (κ2) is 10.1. The van der Waals surface area contributed by atoms with Crippen LogP contribution in [0.2, 0.25) is 0 Å². The molecule has 0 spiro atoms. The fourth-order valence-corrected chi connectivity index (χ4v) is 2.51. The van der Waals surface area contributed by atoms with E-state index in [0.29, 0.717) is 0 Å². The second-order valence-corrected chi connectivity index (χ2v) is 5.29. The average Bonchev–Trinajstić information content (AvgIpc) is 2.58. The average molecular weight is 334 g/mol. The highest BCUT2D eigenvalue weighted by atomic mass is 35.5. The number of benzene rings is 2. The SMILES string of the molecule is CCN(CC)c1ccc(CNCc2ccc(OC)cc2)cc1.[Cl-]. The van der Waals surface area contributed by atoms with Gasteiger partial charge in [0.2, 0.25) is 0 Å². The maximum absolute atomic E-state index is 5.17. The fourth-order valence-electron chi connectivity index (χ4n) is 2.51. The van der Waals surface area contributed by atoms with Crippen molar-refractivity contribution in [2.24, 2.45) is 0 Å². The molecule has 0 saturated heterocycles. The van der Waals surface area contributed by atoms with Crippen LogP contribution in [0.1, 0.15) is 25.0 Å². The molecule has 2 rings (SSSR count). The molecule has 0 aliphatic rings. The standard InChI is InChI=1S/C19H26N2O.ClH/c1-4-21(5-2)18-10-6-16(7-11-18)14-20-15-17-8-12-19(22-3)13-9-17;/h6-13,20H,4-5,14-15H2,1-3H3;1H/p-1. The molecule has 3 nitrogen and oxygen atoms in total. The van der Waals surface area contributed by atoms with E-state index in [-0.39, 0.29) is 12.4 Å². The van der Waals surface area contributed by atoms with E-state index in [4.69, 9.17) is 4.74 Å². The Morgan fingerprint density at radius 3 is 1.74 bits per heavy atom. The van der Waals surface area contributed by atoms with Gasteiger partial charge in [0, 0.05) is 31.9 Å². The lowest BCUT2D eigenvalue weighted by Crippen LogP contribution is -3.00. The Bertz CT molecular complexity index is 551. The van der Waals surface area contributed by atoms with E-state index >= 15 is 0 Å². The number of methoxy groups -OCH3 is 1. The van der Waals surface area contributed by atoms with Crippen LogP contribution in [0, 0.1) is 0 Å². The van der Waals surface area contributed by atoms with E-state index in [1.165, 1.54) is 16.8 Å². The zero-order valence-corrected chi connectivity index (χ0v) is 14.9. The van der Waals surface area contributed by atoms with Crippen molar-refractivity contribution in [3.8, 4) is 5.75 Å². The molecule has 0 aliphatic heterocycles. The van der Waals surface area contributed by atoms with Gasteiger partial charge < -0.3 is 27.4 Å². The molecule has 0 fully saturated rings. The van der Waals surface area contributed by atoms with E-state index in [0.717, 1.165) is 31.9 Å². The monoisotopic (exact) mass is 333 g/mol. The van der Waals surface area contributed by atoms with Crippen molar-refractivity contribution < 1.29 is 17.1 Å². The van der Waals surface area contributed by atoms with Gasteiger partial charge in [0.05, 0.1) is 7.11 Å². The lowest BCUT2D eigenvalue weighted by atomic mass is 10.1. The van der Waals surface area contributed by atoms with Crippen LogP contribution in [0.15, 0.2) is 48.5 Å². The lowest BCUT2D eigenvalue weighted by molar-refractivity contribution is -0.00000493. The summed E-state index contributed by atoms with van der Waals surface area (Å²) in [5, 5.41) is 3.48. The highest BCUT2D eigenvalue weighted by Crippen LogP contribution is 2.15. The first-order valence-electron chi connectivity index (χ1n) is 7.94. The minimum absolute atomic E-state index is 0. The minimum atomic E-state index is 0. The van der Waals surface area contributed by atoms with E-state index in [1.54, 1.807) is 7.11 Å². The van der Waals surface area contributed by atoms with Gasteiger partial charge in [-0.25, -0.2) is 0 Å². The number of nitrogens with zero attached hydrogens (tertiary/aromatic N) is 1. The quantitative estimate of drug-likeness (QED) is 0.774. The summed E-state index contributed by atoms with van der Waals surface area (Å²) < 4.78 is 5.17. The summed E-state index contributed by atoms with van der Waals surface area (Å²) in [7, 11) is 1.69. The molecule has 0 unspecified atom stereocenters. The summed E-state index contributed by atoms with van der Waals surface area (Å²) in [6, 6.07) is 17.0. The Balaban J connectivity index is 0.00000264. The first-order chi connectivity index (χ1) is 10.8. The Hall–Kier alpha value is -1.71. The minimum Gasteiger partial charge on any atom is -1.00 e. The molecule has 0 saturated carbocycles. The third-order valence-electron chi connectivity index (χ3n) is 3.88. The predicted octanol–water partition coefficient (Wildman–Crippen LogP) is 0.835. The van der Waals surface area contributed by atoms with Gasteiger partial charge in [0.25, 0.3) is 0 Å². The molecular formula is C19H26ClN2O-. The molecule has 0 atom stereocenters. The van der Waals surface area contributed by atoms with Gasteiger partial charge in [-0.1, -0.05) is 24.3 Å². The molecule has 0 aliphatic carbocycles. The van der Waals surface area contributed by atoms with Crippen LogP contribution in [0.3, 0.4) is 0 Å². The van der Waals surface area contributed by atoms with Crippen LogP contribution >= 0.6 is 0 Å². The molecule has 0 aromatic heterocycles. The maximum atomic E-state index is 5.17. The number of ether oxygens (including phenoxy) is 1. The highest BCUT2D eigenvalue weighted by Gasteiger charge is 2.01. The molecule has 0 radical (unpaired) electrons. The van der Waals surface area contributed by atoms with Gasteiger partial charge in [-0.3, -0.25) is 0 Å². The summed E-state index contributed by atoms with van der Waals surface area (Å²) in [4.78, 5) is 2.36. The van der Waals surface area contributed by atoms with Crippen LogP contribution < -0.4 is 27.4 Å². The van der Waals surface area contributed by atoms with Gasteiger partial charge >= 0.3 is 0 Å². The molecule has 4 heteroatoms. The fraction of sp³-hybridized carbons (Fsp3) is 0.368. The van der Waals surface area contributed by atoms with E-state index in [9.17, 15) is 0 Å². The third-order valence-corrected chi connectivity index (χ3v) is 3.88. The molecule has 0 amide bonds. The topological polar surface area (TPSA) is 24.5 Å². The summed E-state index contributed by atoms with van der Waals surface area (Å²) in [5.74, 6) is 0.899. The number of rotatable bonds is 8. The van der Waals surface area contributed by atoms with Gasteiger partial charge in [-0.15, -0.1) is 0 Å². The number of anilines is 1. The number of hydrogen-bond donors (Lipinski definition) is 1. The number of nitrogens with one attached hydrogen (secondary N) is 1. The van der Waals surface area contributed by atoms with Crippen LogP contribution in [0.4, 0.5) is 5.69 Å². The molecule has 2 aromatic carbocycles. The first-order valence-corrected chi connectivity index (χ1v) is 7.94. The van der Waals surface area contributed by atoms with Crippen LogP contribution in [0.25, 0.3) is 0 Å². The summed E-state index contributed by atoms with van der Waals surface area (Å²) in [6.07, 6.45) is 0. The van der Waals surface area contributed by atoms with Crippen molar-refractivity contribution in [1.82, 2.24) is 5.32 Å². The maximum Gasteiger partial charge on any atom is 0.118 e. The van der Waals surface area contributed by atoms with Crippen molar-refractivity contribution in [3.63, 3.8) is 0 Å². The Morgan fingerprint density at radius 2 is 1.30 bits per heavy atom. The zero-order chi connectivity index (χ0) is 15.8. The molecule has 2 aromatic rings. The van der Waals surface area contributed by atoms with Crippen molar-refractivity contribution in [2.45, 2.75) is 26.9 Å². The van der Waals surface area contributed by atoms with Crippen molar-refractivity contribution in [1.29, 1.82) is 0 Å². The van der Waals surface area contributed by atoms with Gasteiger partial charge in [-0.2, -0.15) is 0 Å². The first kappa shape index (κ1) is 19.3. The van der Waals surface area contributed by atoms with Gasteiger partial charge in [-0.05, 0) is 49.2 Å². The van der Waals surface area contributed by atoms with E-state index in [2.05, 4.69) is 60.5 Å². The number of hydrogen-bond acceptors (Lipinski definition) is 3. The van der Waals surface area contributed by atoms with E-state index < -0.39 is 0 Å². The molecule has 126 valence electrons. The van der Waals surface area contributed by atoms with Crippen LogP contribution in [-0.4, -0.2) is 20.2 Å². The Morgan fingerprint density at radius 1 is 0.826 bits per heavy atom. The van der Waals surface area contributed by atoms with E-state index in [1.807, 2.05) is 12.1 Å². The van der Waals surface area contributed by atoms with Crippen molar-refractivity contribution >= 4 is 5.69 Å². The van der Waals surface area contributed by atoms with Gasteiger partial charge in [0.1, 0.15) is 5.75 Å². The van der Waals surface area contributed by atoms with Gasteiger partial charge in [0.15, 0.2) is 0 Å².